The molecule has 0 aliphatic heterocycles. The predicted molar refractivity (Wildman–Crippen MR) is 75.4 cm³/mol. The molecule has 1 aromatic rings. The number of benzene rings is 1. The fraction of sp³-hybridized carbons (Fsp3) is 0.600. The second-order valence-corrected chi connectivity index (χ2v) is 5.54. The molecule has 2 nitrogen and oxygen atoms in total. The van der Waals surface area contributed by atoms with Crippen LogP contribution >= 0.6 is 0 Å². The first-order valence-electron chi connectivity index (χ1n) is 6.68. The molecule has 2 rings (SSSR count). The van der Waals surface area contributed by atoms with Gasteiger partial charge in [0.1, 0.15) is 0 Å². The summed E-state index contributed by atoms with van der Waals surface area (Å²) in [6.45, 7) is 4.48. The fourth-order valence-corrected chi connectivity index (χ4v) is 3.06. The molecular weight excluding hydrogens is 208 g/mol. The van der Waals surface area contributed by atoms with E-state index in [2.05, 4.69) is 37.9 Å². The second kappa shape index (κ2) is 4.99. The van der Waals surface area contributed by atoms with Crippen molar-refractivity contribution < 1.29 is 0 Å². The van der Waals surface area contributed by atoms with Crippen molar-refractivity contribution in [2.75, 3.05) is 17.7 Å². The Labute approximate surface area is 105 Å². The van der Waals surface area contributed by atoms with Gasteiger partial charge in [0, 0.05) is 24.5 Å². The summed E-state index contributed by atoms with van der Waals surface area (Å²) in [5.41, 5.74) is 9.32. The van der Waals surface area contributed by atoms with Gasteiger partial charge in [-0.15, -0.1) is 0 Å². The highest BCUT2D eigenvalue weighted by molar-refractivity contribution is 5.58. The third-order valence-corrected chi connectivity index (χ3v) is 4.06. The monoisotopic (exact) mass is 232 g/mol. The molecule has 1 fully saturated rings. The van der Waals surface area contributed by atoms with Gasteiger partial charge < -0.3 is 10.6 Å². The summed E-state index contributed by atoms with van der Waals surface area (Å²) in [6, 6.07) is 7.03. The van der Waals surface area contributed by atoms with Crippen molar-refractivity contribution in [3.8, 4) is 0 Å². The maximum Gasteiger partial charge on any atom is 0.0389 e. The van der Waals surface area contributed by atoms with Crippen molar-refractivity contribution >= 4 is 11.4 Å². The van der Waals surface area contributed by atoms with E-state index in [0.29, 0.717) is 6.04 Å². The van der Waals surface area contributed by atoms with E-state index in [9.17, 15) is 0 Å². The lowest BCUT2D eigenvalue weighted by Gasteiger charge is -2.38. The van der Waals surface area contributed by atoms with E-state index in [1.54, 1.807) is 0 Å². The highest BCUT2D eigenvalue weighted by Crippen LogP contribution is 2.31. The van der Waals surface area contributed by atoms with Gasteiger partial charge in [-0.3, -0.25) is 0 Å². The number of nitrogens with zero attached hydrogens (tertiary/aromatic N) is 1. The largest absolute Gasteiger partial charge is 0.399 e. The summed E-state index contributed by atoms with van der Waals surface area (Å²) in [7, 11) is 2.21. The molecule has 0 amide bonds. The first kappa shape index (κ1) is 12.3. The predicted octanol–water partition coefficient (Wildman–Crippen LogP) is 3.59. The number of nitrogen functional groups attached to an aromatic ring is 1. The Balaban J connectivity index is 2.20. The van der Waals surface area contributed by atoms with Gasteiger partial charge in [-0.1, -0.05) is 19.8 Å². The van der Waals surface area contributed by atoms with Crippen molar-refractivity contribution in [2.24, 2.45) is 5.92 Å². The van der Waals surface area contributed by atoms with Gasteiger partial charge >= 0.3 is 0 Å². The smallest absolute Gasteiger partial charge is 0.0389 e. The van der Waals surface area contributed by atoms with Crippen LogP contribution < -0.4 is 10.6 Å². The molecule has 0 spiro atoms. The molecule has 1 aliphatic carbocycles. The highest BCUT2D eigenvalue weighted by atomic mass is 15.1. The van der Waals surface area contributed by atoms with E-state index in [4.69, 9.17) is 5.73 Å². The number of hydrogen-bond donors (Lipinski definition) is 1. The number of aryl methyl sites for hydroxylation is 1. The minimum atomic E-state index is 0.671. The molecule has 2 heteroatoms. The van der Waals surface area contributed by atoms with Gasteiger partial charge in [-0.2, -0.15) is 0 Å². The Morgan fingerprint density at radius 1 is 1.18 bits per heavy atom. The standard InChI is InChI=1S/C15H24N2/c1-11-8-13(16)10-14(9-11)17(3)15-7-5-4-6-12(15)2/h8-10,12,15H,4-7,16H2,1-3H3. The molecule has 1 aliphatic rings. The minimum Gasteiger partial charge on any atom is -0.399 e. The molecule has 1 saturated carbocycles. The molecular formula is C15H24N2. The van der Waals surface area contributed by atoms with E-state index in [1.165, 1.54) is 36.9 Å². The second-order valence-electron chi connectivity index (χ2n) is 5.54. The lowest BCUT2D eigenvalue weighted by molar-refractivity contribution is 0.321. The fourth-order valence-electron chi connectivity index (χ4n) is 3.06. The van der Waals surface area contributed by atoms with Crippen LogP contribution in [0.25, 0.3) is 0 Å². The molecule has 2 atom stereocenters. The van der Waals surface area contributed by atoms with Crippen molar-refractivity contribution in [3.63, 3.8) is 0 Å². The molecule has 94 valence electrons. The molecule has 1 aromatic carbocycles. The average Bonchev–Trinajstić information content (AvgIpc) is 2.27. The lowest BCUT2D eigenvalue weighted by Crippen LogP contribution is -2.39. The van der Waals surface area contributed by atoms with Gasteiger partial charge in [0.25, 0.3) is 0 Å². The van der Waals surface area contributed by atoms with E-state index in [1.807, 2.05) is 6.07 Å². The molecule has 2 unspecified atom stereocenters. The van der Waals surface area contributed by atoms with Crippen LogP contribution in [-0.2, 0) is 0 Å². The van der Waals surface area contributed by atoms with Crippen LogP contribution in [-0.4, -0.2) is 13.1 Å². The summed E-state index contributed by atoms with van der Waals surface area (Å²) >= 11 is 0. The third kappa shape index (κ3) is 2.74. The molecule has 2 N–H and O–H groups in total. The minimum absolute atomic E-state index is 0.671. The lowest BCUT2D eigenvalue weighted by atomic mass is 9.85. The van der Waals surface area contributed by atoms with E-state index >= 15 is 0 Å². The zero-order chi connectivity index (χ0) is 12.4. The van der Waals surface area contributed by atoms with Crippen molar-refractivity contribution in [2.45, 2.75) is 45.6 Å². The maximum absolute atomic E-state index is 5.93. The molecule has 0 bridgehead atoms. The summed E-state index contributed by atoms with van der Waals surface area (Å²) < 4.78 is 0. The van der Waals surface area contributed by atoms with Gasteiger partial charge in [-0.25, -0.2) is 0 Å². The van der Waals surface area contributed by atoms with Crippen LogP contribution in [0.3, 0.4) is 0 Å². The Kier molecular flexibility index (Phi) is 3.60. The normalized spacial score (nSPS) is 24.6. The average molecular weight is 232 g/mol. The molecule has 0 heterocycles. The van der Waals surface area contributed by atoms with Gasteiger partial charge in [0.15, 0.2) is 0 Å². The summed E-state index contributed by atoms with van der Waals surface area (Å²) in [5, 5.41) is 0. The van der Waals surface area contributed by atoms with Crippen LogP contribution in [0.15, 0.2) is 18.2 Å². The molecule has 0 aromatic heterocycles. The quantitative estimate of drug-likeness (QED) is 0.790. The first-order chi connectivity index (χ1) is 8.08. The zero-order valence-corrected chi connectivity index (χ0v) is 11.2. The molecule has 0 radical (unpaired) electrons. The topological polar surface area (TPSA) is 29.3 Å². The third-order valence-electron chi connectivity index (χ3n) is 4.06. The van der Waals surface area contributed by atoms with Crippen LogP contribution in [0, 0.1) is 12.8 Å². The van der Waals surface area contributed by atoms with Crippen molar-refractivity contribution in [1.29, 1.82) is 0 Å². The highest BCUT2D eigenvalue weighted by Gasteiger charge is 2.25. The van der Waals surface area contributed by atoms with Crippen LogP contribution in [0.4, 0.5) is 11.4 Å². The van der Waals surface area contributed by atoms with Crippen LogP contribution in [0.5, 0.6) is 0 Å². The number of rotatable bonds is 2. The van der Waals surface area contributed by atoms with Gasteiger partial charge in [0.2, 0.25) is 0 Å². The molecule has 0 saturated heterocycles. The number of nitrogens with two attached hydrogens (primary N) is 1. The SMILES string of the molecule is Cc1cc(N)cc(N(C)C2CCCCC2C)c1. The zero-order valence-electron chi connectivity index (χ0n) is 11.2. The Morgan fingerprint density at radius 3 is 2.53 bits per heavy atom. The molecule has 17 heavy (non-hydrogen) atoms. The van der Waals surface area contributed by atoms with E-state index in [0.717, 1.165) is 11.6 Å². The van der Waals surface area contributed by atoms with Crippen molar-refractivity contribution in [3.05, 3.63) is 23.8 Å². The Bertz CT molecular complexity index is 366. The summed E-state index contributed by atoms with van der Waals surface area (Å²) in [6.07, 6.45) is 5.42. The van der Waals surface area contributed by atoms with Crippen LogP contribution in [0.2, 0.25) is 0 Å². The summed E-state index contributed by atoms with van der Waals surface area (Å²) in [5.74, 6) is 0.787. The summed E-state index contributed by atoms with van der Waals surface area (Å²) in [4.78, 5) is 2.42. The Morgan fingerprint density at radius 2 is 1.88 bits per heavy atom. The number of hydrogen-bond acceptors (Lipinski definition) is 2. The Hall–Kier alpha value is -1.18. The van der Waals surface area contributed by atoms with E-state index in [-0.39, 0.29) is 0 Å². The maximum atomic E-state index is 5.93. The van der Waals surface area contributed by atoms with Crippen LogP contribution in [0.1, 0.15) is 38.2 Å². The first-order valence-corrected chi connectivity index (χ1v) is 6.68. The van der Waals surface area contributed by atoms with Gasteiger partial charge in [-0.05, 0) is 49.4 Å². The van der Waals surface area contributed by atoms with Gasteiger partial charge in [0.05, 0.1) is 0 Å². The number of anilines is 2. The van der Waals surface area contributed by atoms with E-state index < -0.39 is 0 Å². The van der Waals surface area contributed by atoms with Crippen molar-refractivity contribution in [1.82, 2.24) is 0 Å².